The number of hydrogen-bond donors (Lipinski definition) is 1. The largest absolute Gasteiger partial charge is 0.573 e. The van der Waals surface area contributed by atoms with Crippen molar-refractivity contribution in [1.82, 2.24) is 0 Å². The predicted octanol–water partition coefficient (Wildman–Crippen LogP) is 6.03. The van der Waals surface area contributed by atoms with Crippen molar-refractivity contribution in [2.45, 2.75) is 13.3 Å². The van der Waals surface area contributed by atoms with Gasteiger partial charge in [0.25, 0.3) is 5.91 Å². The van der Waals surface area contributed by atoms with Crippen molar-refractivity contribution in [3.05, 3.63) is 78.4 Å². The fourth-order valence-corrected chi connectivity index (χ4v) is 2.52. The van der Waals surface area contributed by atoms with Crippen LogP contribution in [0, 0.1) is 0 Å². The SMILES string of the molecule is CCOc1ccc(Oc2ccc(NC(=O)c3ccc(OC(F)(F)F)cc3)cc2)cc1. The molecule has 0 saturated heterocycles. The molecule has 0 unspecified atom stereocenters. The van der Waals surface area contributed by atoms with E-state index in [0.717, 1.165) is 17.9 Å². The first-order valence-electron chi connectivity index (χ1n) is 9.00. The van der Waals surface area contributed by atoms with E-state index in [1.165, 1.54) is 12.1 Å². The van der Waals surface area contributed by atoms with Crippen LogP contribution in [0.5, 0.6) is 23.0 Å². The summed E-state index contributed by atoms with van der Waals surface area (Å²) in [6.07, 6.45) is -4.78. The Morgan fingerprint density at radius 1 is 0.800 bits per heavy atom. The number of ether oxygens (including phenoxy) is 3. The molecule has 5 nitrogen and oxygen atoms in total. The lowest BCUT2D eigenvalue weighted by Crippen LogP contribution is -2.17. The van der Waals surface area contributed by atoms with Crippen molar-refractivity contribution in [2.75, 3.05) is 11.9 Å². The maximum Gasteiger partial charge on any atom is 0.573 e. The van der Waals surface area contributed by atoms with Crippen LogP contribution in [-0.2, 0) is 0 Å². The van der Waals surface area contributed by atoms with Gasteiger partial charge in [-0.1, -0.05) is 0 Å². The third-order valence-corrected chi connectivity index (χ3v) is 3.83. The summed E-state index contributed by atoms with van der Waals surface area (Å²) < 4.78 is 51.5. The highest BCUT2D eigenvalue weighted by molar-refractivity contribution is 6.04. The van der Waals surface area contributed by atoms with Gasteiger partial charge in [-0.05, 0) is 79.7 Å². The zero-order valence-corrected chi connectivity index (χ0v) is 15.9. The van der Waals surface area contributed by atoms with Crippen LogP contribution in [0.4, 0.5) is 18.9 Å². The lowest BCUT2D eigenvalue weighted by Gasteiger charge is -2.10. The van der Waals surface area contributed by atoms with E-state index < -0.39 is 18.0 Å². The summed E-state index contributed by atoms with van der Waals surface area (Å²) in [7, 11) is 0. The van der Waals surface area contributed by atoms with Gasteiger partial charge in [0.1, 0.15) is 23.0 Å². The van der Waals surface area contributed by atoms with E-state index in [-0.39, 0.29) is 5.56 Å². The Balaban J connectivity index is 1.57. The third kappa shape index (κ3) is 6.16. The highest BCUT2D eigenvalue weighted by Gasteiger charge is 2.31. The average molecular weight is 417 g/mol. The van der Waals surface area contributed by atoms with Crippen molar-refractivity contribution in [3.63, 3.8) is 0 Å². The van der Waals surface area contributed by atoms with Crippen LogP contribution in [0.2, 0.25) is 0 Å². The van der Waals surface area contributed by atoms with Gasteiger partial charge in [0.05, 0.1) is 6.61 Å². The Bertz CT molecular complexity index is 969. The molecule has 3 aromatic rings. The quantitative estimate of drug-likeness (QED) is 0.510. The van der Waals surface area contributed by atoms with E-state index in [4.69, 9.17) is 9.47 Å². The Hall–Kier alpha value is -3.68. The number of anilines is 1. The monoisotopic (exact) mass is 417 g/mol. The Labute approximate surface area is 171 Å². The molecule has 156 valence electrons. The average Bonchev–Trinajstić information content (AvgIpc) is 2.70. The number of halogens is 3. The number of rotatable bonds is 7. The van der Waals surface area contributed by atoms with Gasteiger partial charge in [0, 0.05) is 11.3 Å². The number of hydrogen-bond acceptors (Lipinski definition) is 4. The molecule has 0 saturated carbocycles. The first-order valence-corrected chi connectivity index (χ1v) is 9.00. The predicted molar refractivity (Wildman–Crippen MR) is 105 cm³/mol. The molecule has 0 aromatic heterocycles. The Morgan fingerprint density at radius 3 is 1.83 bits per heavy atom. The van der Waals surface area contributed by atoms with Crippen molar-refractivity contribution >= 4 is 11.6 Å². The number of carbonyl (C=O) groups excluding carboxylic acids is 1. The second kappa shape index (κ2) is 9.21. The third-order valence-electron chi connectivity index (χ3n) is 3.83. The Morgan fingerprint density at radius 2 is 1.30 bits per heavy atom. The molecule has 8 heteroatoms. The summed E-state index contributed by atoms with van der Waals surface area (Å²) >= 11 is 0. The number of nitrogens with one attached hydrogen (secondary N) is 1. The van der Waals surface area contributed by atoms with Gasteiger partial charge in [-0.25, -0.2) is 0 Å². The summed E-state index contributed by atoms with van der Waals surface area (Å²) in [5.41, 5.74) is 0.703. The zero-order valence-electron chi connectivity index (χ0n) is 15.9. The molecule has 0 bridgehead atoms. The van der Waals surface area contributed by atoms with E-state index in [2.05, 4.69) is 10.1 Å². The number of carbonyl (C=O) groups is 1. The van der Waals surface area contributed by atoms with Gasteiger partial charge in [-0.2, -0.15) is 0 Å². The molecule has 0 aliphatic heterocycles. The molecule has 0 aliphatic rings. The minimum Gasteiger partial charge on any atom is -0.494 e. The van der Waals surface area contributed by atoms with Crippen LogP contribution < -0.4 is 19.5 Å². The minimum absolute atomic E-state index is 0.194. The molecule has 3 aromatic carbocycles. The first kappa shape index (κ1) is 21.0. The maximum atomic E-state index is 12.3. The summed E-state index contributed by atoms with van der Waals surface area (Å²) in [4.78, 5) is 12.3. The van der Waals surface area contributed by atoms with Crippen LogP contribution >= 0.6 is 0 Å². The smallest absolute Gasteiger partial charge is 0.494 e. The van der Waals surface area contributed by atoms with Crippen molar-refractivity contribution in [2.24, 2.45) is 0 Å². The number of alkyl halides is 3. The van der Waals surface area contributed by atoms with E-state index in [1.807, 2.05) is 6.92 Å². The molecule has 3 rings (SSSR count). The molecule has 30 heavy (non-hydrogen) atoms. The zero-order chi connectivity index (χ0) is 21.6. The van der Waals surface area contributed by atoms with Crippen LogP contribution in [-0.4, -0.2) is 18.9 Å². The molecule has 0 fully saturated rings. The molecular weight excluding hydrogens is 399 g/mol. The summed E-state index contributed by atoms with van der Waals surface area (Å²) in [6, 6.07) is 18.5. The van der Waals surface area contributed by atoms with E-state index in [1.54, 1.807) is 48.5 Å². The highest BCUT2D eigenvalue weighted by Crippen LogP contribution is 2.26. The van der Waals surface area contributed by atoms with Gasteiger partial charge < -0.3 is 19.5 Å². The second-order valence-corrected chi connectivity index (χ2v) is 6.06. The fraction of sp³-hybridized carbons (Fsp3) is 0.136. The minimum atomic E-state index is -4.78. The summed E-state index contributed by atoms with van der Waals surface area (Å²) in [6.45, 7) is 2.49. The lowest BCUT2D eigenvalue weighted by atomic mass is 10.2. The highest BCUT2D eigenvalue weighted by atomic mass is 19.4. The van der Waals surface area contributed by atoms with E-state index in [9.17, 15) is 18.0 Å². The van der Waals surface area contributed by atoms with Gasteiger partial charge in [-0.3, -0.25) is 4.79 Å². The van der Waals surface area contributed by atoms with Crippen LogP contribution in [0.25, 0.3) is 0 Å². The molecular formula is C22H18F3NO4. The Kier molecular flexibility index (Phi) is 6.46. The molecule has 0 radical (unpaired) electrons. The summed E-state index contributed by atoms with van der Waals surface area (Å²) in [5, 5.41) is 2.66. The molecule has 0 aliphatic carbocycles. The molecule has 0 spiro atoms. The van der Waals surface area contributed by atoms with Gasteiger partial charge in [0.2, 0.25) is 0 Å². The maximum absolute atomic E-state index is 12.3. The van der Waals surface area contributed by atoms with Crippen molar-refractivity contribution in [3.8, 4) is 23.0 Å². The lowest BCUT2D eigenvalue weighted by molar-refractivity contribution is -0.274. The van der Waals surface area contributed by atoms with E-state index >= 15 is 0 Å². The van der Waals surface area contributed by atoms with Gasteiger partial charge >= 0.3 is 6.36 Å². The summed E-state index contributed by atoms with van der Waals surface area (Å²) in [5.74, 6) is 1.10. The van der Waals surface area contributed by atoms with Gasteiger partial charge in [-0.15, -0.1) is 13.2 Å². The van der Waals surface area contributed by atoms with Gasteiger partial charge in [0.15, 0.2) is 0 Å². The van der Waals surface area contributed by atoms with Crippen molar-refractivity contribution in [1.29, 1.82) is 0 Å². The molecule has 0 atom stereocenters. The topological polar surface area (TPSA) is 56.8 Å². The van der Waals surface area contributed by atoms with Crippen LogP contribution in [0.3, 0.4) is 0 Å². The first-order chi connectivity index (χ1) is 14.3. The molecule has 0 heterocycles. The molecule has 1 amide bonds. The number of benzene rings is 3. The van der Waals surface area contributed by atoms with Crippen LogP contribution in [0.15, 0.2) is 72.8 Å². The number of amides is 1. The van der Waals surface area contributed by atoms with Crippen molar-refractivity contribution < 1.29 is 32.2 Å². The fourth-order valence-electron chi connectivity index (χ4n) is 2.52. The normalized spacial score (nSPS) is 10.9. The second-order valence-electron chi connectivity index (χ2n) is 6.06. The standard InChI is InChI=1S/C22H18F3NO4/c1-2-28-17-11-13-19(14-12-17)29-18-9-5-16(6-10-18)26-21(27)15-3-7-20(8-4-15)30-22(23,24)25/h3-14H,2H2,1H3,(H,26,27). The van der Waals surface area contributed by atoms with E-state index in [0.29, 0.717) is 23.8 Å². The van der Waals surface area contributed by atoms with Crippen LogP contribution in [0.1, 0.15) is 17.3 Å². The molecule has 1 N–H and O–H groups in total.